The molecule has 9 heteroatoms. The van der Waals surface area contributed by atoms with Crippen LogP contribution in [0.25, 0.3) is 10.9 Å². The fourth-order valence-corrected chi connectivity index (χ4v) is 6.26. The predicted octanol–water partition coefficient (Wildman–Crippen LogP) is 5.00. The molecule has 5 rings (SSSR count). The van der Waals surface area contributed by atoms with E-state index in [2.05, 4.69) is 25.5 Å². The largest absolute Gasteiger partial charge is 0.416 e. The number of likely N-dealkylation sites (tertiary alicyclic amines) is 1. The van der Waals surface area contributed by atoms with Gasteiger partial charge in [0.2, 0.25) is 5.91 Å². The molecule has 190 valence electrons. The number of hydrogen-bond acceptors (Lipinski definition) is 5. The third kappa shape index (κ3) is 5.71. The molecule has 2 N–H and O–H groups in total. The first-order valence-electron chi connectivity index (χ1n) is 13.0. The number of fused-ring (bicyclic) bond motifs is 1. The van der Waals surface area contributed by atoms with Crippen molar-refractivity contribution in [3.63, 3.8) is 0 Å². The summed E-state index contributed by atoms with van der Waals surface area (Å²) in [7, 11) is 0. The molecule has 1 saturated heterocycles. The second-order valence-electron chi connectivity index (χ2n) is 10.5. The monoisotopic (exact) mass is 489 g/mol. The van der Waals surface area contributed by atoms with Crippen LogP contribution in [0.5, 0.6) is 0 Å². The van der Waals surface area contributed by atoms with Crippen LogP contribution in [-0.2, 0) is 11.0 Å². The second-order valence-corrected chi connectivity index (χ2v) is 10.5. The van der Waals surface area contributed by atoms with Gasteiger partial charge in [0, 0.05) is 24.5 Å². The minimum Gasteiger partial charge on any atom is -0.360 e. The van der Waals surface area contributed by atoms with E-state index in [0.29, 0.717) is 11.6 Å². The average molecular weight is 490 g/mol. The molecule has 0 radical (unpaired) electrons. The molecule has 0 unspecified atom stereocenters. The first kappa shape index (κ1) is 24.3. The molecule has 3 aliphatic rings. The number of hydrogen-bond donors (Lipinski definition) is 2. The van der Waals surface area contributed by atoms with Gasteiger partial charge in [0.05, 0.1) is 23.7 Å². The van der Waals surface area contributed by atoms with Crippen molar-refractivity contribution in [3.05, 3.63) is 30.1 Å². The van der Waals surface area contributed by atoms with Gasteiger partial charge in [-0.1, -0.05) is 32.1 Å². The Kier molecular flexibility index (Phi) is 7.14. The van der Waals surface area contributed by atoms with Crippen LogP contribution in [0.2, 0.25) is 0 Å². The first-order chi connectivity index (χ1) is 16.9. The highest BCUT2D eigenvalue weighted by Crippen LogP contribution is 2.40. The smallest absolute Gasteiger partial charge is 0.360 e. The van der Waals surface area contributed by atoms with E-state index in [-0.39, 0.29) is 29.7 Å². The van der Waals surface area contributed by atoms with Gasteiger partial charge in [-0.25, -0.2) is 9.97 Å². The Morgan fingerprint density at radius 3 is 2.40 bits per heavy atom. The third-order valence-electron chi connectivity index (χ3n) is 8.23. The molecule has 1 amide bonds. The summed E-state index contributed by atoms with van der Waals surface area (Å²) in [6.45, 7) is 1.69. The van der Waals surface area contributed by atoms with Crippen molar-refractivity contribution >= 4 is 22.6 Å². The Hall–Kier alpha value is -2.42. The summed E-state index contributed by atoms with van der Waals surface area (Å²) in [5.74, 6) is 1.91. The van der Waals surface area contributed by atoms with Gasteiger partial charge in [-0.05, 0) is 55.7 Å². The Bertz CT molecular complexity index is 1030. The van der Waals surface area contributed by atoms with Crippen molar-refractivity contribution in [3.8, 4) is 0 Å². The van der Waals surface area contributed by atoms with Crippen molar-refractivity contribution in [2.45, 2.75) is 76.0 Å². The lowest BCUT2D eigenvalue weighted by Gasteiger charge is -2.47. The third-order valence-corrected chi connectivity index (χ3v) is 8.23. The molecule has 2 saturated carbocycles. The van der Waals surface area contributed by atoms with Gasteiger partial charge < -0.3 is 10.6 Å². The highest BCUT2D eigenvalue weighted by molar-refractivity contribution is 5.91. The first-order valence-corrected chi connectivity index (χ1v) is 13.0. The van der Waals surface area contributed by atoms with Gasteiger partial charge in [0.15, 0.2) is 0 Å². The highest BCUT2D eigenvalue weighted by atomic mass is 19.4. The topological polar surface area (TPSA) is 70.1 Å². The van der Waals surface area contributed by atoms with Crippen LogP contribution >= 0.6 is 0 Å². The molecular weight excluding hydrogens is 455 g/mol. The number of nitrogens with zero attached hydrogens (tertiary/aromatic N) is 3. The van der Waals surface area contributed by atoms with Crippen LogP contribution in [0, 0.1) is 11.8 Å². The van der Waals surface area contributed by atoms with Crippen LogP contribution in [0.4, 0.5) is 19.0 Å². The molecule has 1 aromatic carbocycles. The number of amides is 1. The normalized spacial score (nSPS) is 24.8. The molecule has 0 spiro atoms. The highest BCUT2D eigenvalue weighted by Gasteiger charge is 2.37. The van der Waals surface area contributed by atoms with Gasteiger partial charge in [0.1, 0.15) is 12.1 Å². The van der Waals surface area contributed by atoms with E-state index in [1.54, 1.807) is 0 Å². The summed E-state index contributed by atoms with van der Waals surface area (Å²) in [4.78, 5) is 23.0. The molecule has 1 aromatic heterocycles. The molecule has 6 nitrogen and oxygen atoms in total. The van der Waals surface area contributed by atoms with Crippen LogP contribution in [0.15, 0.2) is 24.5 Å². The van der Waals surface area contributed by atoms with Crippen molar-refractivity contribution in [1.82, 2.24) is 20.2 Å². The summed E-state index contributed by atoms with van der Waals surface area (Å²) >= 11 is 0. The number of nitrogens with one attached hydrogen (secondary N) is 2. The fourth-order valence-electron chi connectivity index (χ4n) is 6.26. The molecule has 2 aliphatic carbocycles. The predicted molar refractivity (Wildman–Crippen MR) is 129 cm³/mol. The molecular formula is C26H34F3N5O. The van der Waals surface area contributed by atoms with Crippen molar-refractivity contribution in [2.24, 2.45) is 11.8 Å². The van der Waals surface area contributed by atoms with E-state index < -0.39 is 11.7 Å². The second kappa shape index (κ2) is 10.3. The van der Waals surface area contributed by atoms with E-state index in [9.17, 15) is 18.0 Å². The van der Waals surface area contributed by atoms with Gasteiger partial charge in [-0.15, -0.1) is 0 Å². The lowest BCUT2D eigenvalue weighted by molar-refractivity contribution is -0.137. The average Bonchev–Trinajstić information content (AvgIpc) is 2.84. The number of halogens is 3. The molecule has 35 heavy (non-hydrogen) atoms. The zero-order valence-corrected chi connectivity index (χ0v) is 20.0. The minimum atomic E-state index is -4.45. The number of rotatable bonds is 6. The van der Waals surface area contributed by atoms with E-state index >= 15 is 0 Å². The van der Waals surface area contributed by atoms with E-state index in [1.165, 1.54) is 70.2 Å². The zero-order chi connectivity index (χ0) is 24.4. The molecule has 0 atom stereocenters. The Balaban J connectivity index is 1.06. The summed E-state index contributed by atoms with van der Waals surface area (Å²) in [5, 5.41) is 6.16. The quantitative estimate of drug-likeness (QED) is 0.598. The number of alkyl halides is 3. The minimum absolute atomic E-state index is 0.0502. The van der Waals surface area contributed by atoms with Crippen LogP contribution in [0.1, 0.15) is 63.4 Å². The Morgan fingerprint density at radius 2 is 1.69 bits per heavy atom. The van der Waals surface area contributed by atoms with Crippen molar-refractivity contribution in [1.29, 1.82) is 0 Å². The van der Waals surface area contributed by atoms with Crippen molar-refractivity contribution in [2.75, 3.05) is 25.0 Å². The van der Waals surface area contributed by atoms with Crippen molar-refractivity contribution < 1.29 is 18.0 Å². The molecule has 3 fully saturated rings. The number of aromatic nitrogens is 2. The standard InChI is InChI=1S/C26H34F3N5O/c27-26(28,29)19-8-11-23-22(12-19)25(32-16-31-23)30-13-24(35)33-20-14-34(15-20)21-9-6-18(7-10-21)17-4-2-1-3-5-17/h8,11-12,16-18,20-21H,1-7,9-10,13-15H2,(H,33,35)(H,30,31,32)/t18-,21-. The summed E-state index contributed by atoms with van der Waals surface area (Å²) in [5.41, 5.74) is -0.376. The fraction of sp³-hybridized carbons (Fsp3) is 0.654. The van der Waals surface area contributed by atoms with Gasteiger partial charge in [0.25, 0.3) is 0 Å². The number of carbonyl (C=O) groups excluding carboxylic acids is 1. The zero-order valence-electron chi connectivity index (χ0n) is 20.0. The maximum Gasteiger partial charge on any atom is 0.416 e. The Morgan fingerprint density at radius 1 is 0.971 bits per heavy atom. The lowest BCUT2D eigenvalue weighted by Crippen LogP contribution is -2.63. The van der Waals surface area contributed by atoms with Crippen LogP contribution in [0.3, 0.4) is 0 Å². The molecule has 2 heterocycles. The number of anilines is 1. The molecule has 0 bridgehead atoms. The lowest BCUT2D eigenvalue weighted by atomic mass is 9.72. The maximum absolute atomic E-state index is 13.1. The summed E-state index contributed by atoms with van der Waals surface area (Å²) < 4.78 is 39.3. The SMILES string of the molecule is O=C(CNc1ncnc2ccc(C(F)(F)F)cc12)NC1CN([C@H]2CC[C@H](C3CCCCC3)CC2)C1. The van der Waals surface area contributed by atoms with E-state index in [0.717, 1.165) is 37.1 Å². The summed E-state index contributed by atoms with van der Waals surface area (Å²) in [6, 6.07) is 4.09. The van der Waals surface area contributed by atoms with Crippen LogP contribution in [-0.4, -0.2) is 52.5 Å². The Labute approximate surface area is 204 Å². The van der Waals surface area contributed by atoms with Crippen LogP contribution < -0.4 is 10.6 Å². The number of carbonyl (C=O) groups is 1. The number of benzene rings is 1. The molecule has 2 aromatic rings. The van der Waals surface area contributed by atoms with Gasteiger partial charge in [-0.2, -0.15) is 13.2 Å². The molecule has 1 aliphatic heterocycles. The van der Waals surface area contributed by atoms with Gasteiger partial charge >= 0.3 is 6.18 Å². The summed E-state index contributed by atoms with van der Waals surface area (Å²) in [6.07, 6.45) is 9.14. The van der Waals surface area contributed by atoms with E-state index in [4.69, 9.17) is 0 Å². The maximum atomic E-state index is 13.1. The van der Waals surface area contributed by atoms with Gasteiger partial charge in [-0.3, -0.25) is 9.69 Å². The van der Waals surface area contributed by atoms with E-state index in [1.807, 2.05) is 0 Å².